The average molecular weight is 459 g/mol. The molecule has 1 aromatic carbocycles. The molecule has 2 atom stereocenters. The summed E-state index contributed by atoms with van der Waals surface area (Å²) < 4.78 is 11.1. The second-order valence-corrected chi connectivity index (χ2v) is 7.05. The van der Waals surface area contributed by atoms with Crippen LogP contribution in [0, 0.1) is 5.41 Å². The summed E-state index contributed by atoms with van der Waals surface area (Å²) >= 11 is 0. The van der Waals surface area contributed by atoms with Crippen LogP contribution >= 0.6 is 24.0 Å². The van der Waals surface area contributed by atoms with Gasteiger partial charge in [-0.3, -0.25) is 4.99 Å². The lowest BCUT2D eigenvalue weighted by Crippen LogP contribution is -2.42. The average Bonchev–Trinajstić information content (AvgIpc) is 3.25. The van der Waals surface area contributed by atoms with Gasteiger partial charge in [0.05, 0.1) is 13.7 Å². The minimum atomic E-state index is 0. The molecule has 3 rings (SSSR count). The quantitative estimate of drug-likeness (QED) is 0.427. The molecule has 1 N–H and O–H groups in total. The Labute approximate surface area is 168 Å². The highest BCUT2D eigenvalue weighted by atomic mass is 127. The molecule has 0 radical (unpaired) electrons. The van der Waals surface area contributed by atoms with Gasteiger partial charge in [-0.05, 0) is 24.5 Å². The van der Waals surface area contributed by atoms with E-state index in [4.69, 9.17) is 9.47 Å². The van der Waals surface area contributed by atoms with Crippen LogP contribution in [-0.4, -0.2) is 57.9 Å². The zero-order valence-corrected chi connectivity index (χ0v) is 17.8. The van der Waals surface area contributed by atoms with Crippen LogP contribution in [0.4, 0.5) is 0 Å². The summed E-state index contributed by atoms with van der Waals surface area (Å²) in [7, 11) is 3.59. The first-order valence-electron chi connectivity index (χ1n) is 8.84. The van der Waals surface area contributed by atoms with Crippen LogP contribution in [0.5, 0.6) is 5.75 Å². The van der Waals surface area contributed by atoms with Crippen molar-refractivity contribution in [1.82, 2.24) is 10.2 Å². The maximum absolute atomic E-state index is 5.62. The normalized spacial score (nSPS) is 24.3. The Morgan fingerprint density at radius 3 is 2.88 bits per heavy atom. The number of benzene rings is 1. The molecule has 6 heteroatoms. The monoisotopic (exact) mass is 459 g/mol. The van der Waals surface area contributed by atoms with Gasteiger partial charge in [-0.15, -0.1) is 24.0 Å². The number of aliphatic imine (C=N–C) groups is 1. The van der Waals surface area contributed by atoms with E-state index in [1.165, 1.54) is 18.4 Å². The molecule has 1 spiro atoms. The largest absolute Gasteiger partial charge is 0.496 e. The van der Waals surface area contributed by atoms with E-state index >= 15 is 0 Å². The van der Waals surface area contributed by atoms with Crippen LogP contribution in [0.15, 0.2) is 29.3 Å². The Morgan fingerprint density at radius 1 is 1.40 bits per heavy atom. The number of methoxy groups -OCH3 is 1. The minimum absolute atomic E-state index is 0. The smallest absolute Gasteiger partial charge is 0.193 e. The third kappa shape index (κ3) is 4.58. The number of guanidine groups is 1. The summed E-state index contributed by atoms with van der Waals surface area (Å²) in [6.45, 7) is 6.98. The van der Waals surface area contributed by atoms with Gasteiger partial charge in [-0.25, -0.2) is 0 Å². The zero-order valence-electron chi connectivity index (χ0n) is 15.5. The van der Waals surface area contributed by atoms with E-state index < -0.39 is 0 Å². The van der Waals surface area contributed by atoms with Gasteiger partial charge in [0.1, 0.15) is 5.75 Å². The van der Waals surface area contributed by atoms with Crippen LogP contribution in [0.2, 0.25) is 0 Å². The van der Waals surface area contributed by atoms with E-state index in [1.807, 2.05) is 19.2 Å². The van der Waals surface area contributed by atoms with Crippen molar-refractivity contribution in [2.75, 3.05) is 47.0 Å². The van der Waals surface area contributed by atoms with Crippen molar-refractivity contribution < 1.29 is 9.47 Å². The van der Waals surface area contributed by atoms with Crippen molar-refractivity contribution in [3.05, 3.63) is 29.8 Å². The zero-order chi connectivity index (χ0) is 17.0. The lowest BCUT2D eigenvalue weighted by Gasteiger charge is -2.26. The number of halogens is 1. The molecular formula is C19H30IN3O2. The number of hydrogen-bond acceptors (Lipinski definition) is 3. The van der Waals surface area contributed by atoms with Gasteiger partial charge in [0.2, 0.25) is 0 Å². The summed E-state index contributed by atoms with van der Waals surface area (Å²) in [5, 5.41) is 3.55. The molecule has 0 aromatic heterocycles. The van der Waals surface area contributed by atoms with Gasteiger partial charge < -0.3 is 19.7 Å². The Balaban J connectivity index is 0.00000225. The third-order valence-corrected chi connectivity index (χ3v) is 5.37. The molecule has 2 fully saturated rings. The fourth-order valence-corrected chi connectivity index (χ4v) is 3.85. The van der Waals surface area contributed by atoms with Crippen LogP contribution in [0.1, 0.15) is 31.2 Å². The summed E-state index contributed by atoms with van der Waals surface area (Å²) in [6, 6.07) is 8.22. The first-order valence-corrected chi connectivity index (χ1v) is 8.84. The fourth-order valence-electron chi connectivity index (χ4n) is 3.85. The third-order valence-electron chi connectivity index (χ3n) is 5.37. The first-order chi connectivity index (χ1) is 11.7. The Kier molecular flexibility index (Phi) is 7.37. The SMILES string of the molecule is CN=C(NCC(C)c1ccccc1OC)N1CCC2(CCOC2)C1.I. The van der Waals surface area contributed by atoms with Crippen molar-refractivity contribution in [2.45, 2.75) is 25.7 Å². The number of para-hydroxylation sites is 1. The molecule has 2 aliphatic heterocycles. The molecule has 0 bridgehead atoms. The maximum Gasteiger partial charge on any atom is 0.193 e. The van der Waals surface area contributed by atoms with Crippen LogP contribution in [0.3, 0.4) is 0 Å². The molecule has 2 heterocycles. The van der Waals surface area contributed by atoms with Crippen molar-refractivity contribution in [3.8, 4) is 5.75 Å². The first kappa shape index (κ1) is 20.3. The molecule has 0 aliphatic carbocycles. The number of likely N-dealkylation sites (tertiary alicyclic amines) is 1. The highest BCUT2D eigenvalue weighted by Gasteiger charge is 2.42. The van der Waals surface area contributed by atoms with E-state index in [0.717, 1.165) is 44.6 Å². The van der Waals surface area contributed by atoms with Crippen molar-refractivity contribution >= 4 is 29.9 Å². The van der Waals surface area contributed by atoms with Crippen LogP contribution < -0.4 is 10.1 Å². The Bertz CT molecular complexity index is 588. The highest BCUT2D eigenvalue weighted by molar-refractivity contribution is 14.0. The topological polar surface area (TPSA) is 46.1 Å². The summed E-state index contributed by atoms with van der Waals surface area (Å²) in [6.07, 6.45) is 2.38. The molecule has 0 saturated carbocycles. The molecule has 2 unspecified atom stereocenters. The minimum Gasteiger partial charge on any atom is -0.496 e. The predicted molar refractivity (Wildman–Crippen MR) is 112 cm³/mol. The van der Waals surface area contributed by atoms with Gasteiger partial charge in [-0.2, -0.15) is 0 Å². The lowest BCUT2D eigenvalue weighted by molar-refractivity contribution is 0.156. The van der Waals surface area contributed by atoms with Gasteiger partial charge >= 0.3 is 0 Å². The standard InChI is InChI=1S/C19H29N3O2.HI/c1-15(16-6-4-5-7-17(16)23-3)12-21-18(20-2)22-10-8-19(13-22)9-11-24-14-19;/h4-7,15H,8-14H2,1-3H3,(H,20,21);1H. The number of nitrogens with zero attached hydrogens (tertiary/aromatic N) is 2. The van der Waals surface area contributed by atoms with E-state index in [1.54, 1.807) is 7.11 Å². The second kappa shape index (κ2) is 9.07. The second-order valence-electron chi connectivity index (χ2n) is 7.05. The molecule has 5 nitrogen and oxygen atoms in total. The van der Waals surface area contributed by atoms with Gasteiger partial charge in [-0.1, -0.05) is 25.1 Å². The van der Waals surface area contributed by atoms with Crippen molar-refractivity contribution in [3.63, 3.8) is 0 Å². The fraction of sp³-hybridized carbons (Fsp3) is 0.632. The van der Waals surface area contributed by atoms with Gasteiger partial charge in [0.25, 0.3) is 0 Å². The number of ether oxygens (including phenoxy) is 2. The summed E-state index contributed by atoms with van der Waals surface area (Å²) in [5.74, 6) is 2.30. The van der Waals surface area contributed by atoms with E-state index in [-0.39, 0.29) is 24.0 Å². The van der Waals surface area contributed by atoms with E-state index in [0.29, 0.717) is 11.3 Å². The Morgan fingerprint density at radius 2 is 2.20 bits per heavy atom. The van der Waals surface area contributed by atoms with E-state index in [2.05, 4.69) is 34.3 Å². The van der Waals surface area contributed by atoms with Gasteiger partial charge in [0, 0.05) is 44.6 Å². The van der Waals surface area contributed by atoms with Crippen molar-refractivity contribution in [2.24, 2.45) is 10.4 Å². The summed E-state index contributed by atoms with van der Waals surface area (Å²) in [4.78, 5) is 6.87. The summed E-state index contributed by atoms with van der Waals surface area (Å²) in [5.41, 5.74) is 1.58. The highest BCUT2D eigenvalue weighted by Crippen LogP contribution is 2.38. The molecule has 25 heavy (non-hydrogen) atoms. The van der Waals surface area contributed by atoms with Gasteiger partial charge in [0.15, 0.2) is 5.96 Å². The predicted octanol–water partition coefficient (Wildman–Crippen LogP) is 3.10. The molecule has 2 aliphatic rings. The lowest BCUT2D eigenvalue weighted by atomic mass is 9.87. The molecule has 140 valence electrons. The molecule has 2 saturated heterocycles. The van der Waals surface area contributed by atoms with E-state index in [9.17, 15) is 0 Å². The Hall–Kier alpha value is -1.02. The van der Waals surface area contributed by atoms with Crippen LogP contribution in [-0.2, 0) is 4.74 Å². The van der Waals surface area contributed by atoms with Crippen molar-refractivity contribution in [1.29, 1.82) is 0 Å². The molecule has 1 aromatic rings. The molecular weight excluding hydrogens is 429 g/mol. The maximum atomic E-state index is 5.62. The number of nitrogens with one attached hydrogen (secondary N) is 1. The number of hydrogen-bond donors (Lipinski definition) is 1. The number of rotatable bonds is 4. The molecule has 0 amide bonds. The van der Waals surface area contributed by atoms with Crippen LogP contribution in [0.25, 0.3) is 0 Å².